The molecule has 1 heterocycles. The first kappa shape index (κ1) is 32.0. The van der Waals surface area contributed by atoms with E-state index >= 15 is 0 Å². The maximum Gasteiger partial charge on any atom is 0.0540 e. The molecule has 0 radical (unpaired) electrons. The van der Waals surface area contributed by atoms with Gasteiger partial charge in [0, 0.05) is 37.1 Å². The summed E-state index contributed by atoms with van der Waals surface area (Å²) in [5.74, 6) is 0. The smallest absolute Gasteiger partial charge is 0.0540 e. The van der Waals surface area contributed by atoms with Crippen LogP contribution in [-0.2, 0) is 0 Å². The SMILES string of the molecule is c1ccc(-c2cccc(-c3cccc(N(c4ccc(-c5cccc6sc7ccccc7c56)cc4)c4ccccc4-c4cccc5ccccc45)c3)c2)cc1. The fourth-order valence-electron chi connectivity index (χ4n) is 7.92. The van der Waals surface area contributed by atoms with Gasteiger partial charge in [-0.2, -0.15) is 0 Å². The summed E-state index contributed by atoms with van der Waals surface area (Å²) in [5.41, 5.74) is 13.0. The molecule has 254 valence electrons. The van der Waals surface area contributed by atoms with Crippen LogP contribution in [0.25, 0.3) is 75.5 Å². The predicted molar refractivity (Wildman–Crippen MR) is 233 cm³/mol. The van der Waals surface area contributed by atoms with E-state index in [9.17, 15) is 0 Å². The minimum Gasteiger partial charge on any atom is -0.310 e. The third kappa shape index (κ3) is 5.74. The van der Waals surface area contributed by atoms with E-state index < -0.39 is 0 Å². The van der Waals surface area contributed by atoms with Crippen molar-refractivity contribution >= 4 is 59.3 Å². The van der Waals surface area contributed by atoms with E-state index in [0.717, 1.165) is 17.1 Å². The van der Waals surface area contributed by atoms with E-state index in [1.54, 1.807) is 0 Å². The molecule has 0 unspecified atom stereocenters. The zero-order valence-electron chi connectivity index (χ0n) is 29.6. The first-order valence-corrected chi connectivity index (χ1v) is 19.2. The first-order valence-electron chi connectivity index (χ1n) is 18.4. The predicted octanol–water partition coefficient (Wildman–Crippen LogP) is 15.3. The van der Waals surface area contributed by atoms with E-state index in [1.165, 1.54) is 75.5 Å². The van der Waals surface area contributed by atoms with Crippen LogP contribution in [0.1, 0.15) is 0 Å². The summed E-state index contributed by atoms with van der Waals surface area (Å²) in [7, 11) is 0. The Hall–Kier alpha value is -6.74. The highest BCUT2D eigenvalue weighted by Gasteiger charge is 2.20. The van der Waals surface area contributed by atoms with E-state index in [-0.39, 0.29) is 0 Å². The molecule has 0 saturated heterocycles. The van der Waals surface area contributed by atoms with Crippen LogP contribution in [0.3, 0.4) is 0 Å². The maximum absolute atomic E-state index is 2.42. The van der Waals surface area contributed by atoms with Crippen LogP contribution < -0.4 is 4.90 Å². The molecule has 0 aliphatic rings. The number of hydrogen-bond donors (Lipinski definition) is 0. The van der Waals surface area contributed by atoms with Gasteiger partial charge in [0.1, 0.15) is 0 Å². The fraction of sp³-hybridized carbons (Fsp3) is 0. The highest BCUT2D eigenvalue weighted by molar-refractivity contribution is 7.25. The summed E-state index contributed by atoms with van der Waals surface area (Å²) in [6.45, 7) is 0. The molecule has 0 aliphatic carbocycles. The Balaban J connectivity index is 1.14. The Morgan fingerprint density at radius 3 is 1.76 bits per heavy atom. The van der Waals surface area contributed by atoms with E-state index in [2.05, 4.69) is 217 Å². The lowest BCUT2D eigenvalue weighted by molar-refractivity contribution is 1.28. The quantitative estimate of drug-likeness (QED) is 0.160. The standard InChI is InChI=1S/C52H35NS/c1-2-14-36(15-3-1)39-18-10-19-40(34-39)41-20-11-21-43(35-41)53(49-27-8-6-23-47(49)46-26-12-17-37-16-4-5-22-44(37)46)42-32-30-38(31-33-42)45-25-13-29-51-52(45)48-24-7-9-28-50(48)54-51/h1-35H. The molecule has 0 amide bonds. The van der Waals surface area contributed by atoms with Crippen molar-refractivity contribution in [1.82, 2.24) is 0 Å². The van der Waals surface area contributed by atoms with Gasteiger partial charge in [0.2, 0.25) is 0 Å². The number of anilines is 3. The Morgan fingerprint density at radius 1 is 0.315 bits per heavy atom. The molecule has 0 spiro atoms. The molecule has 54 heavy (non-hydrogen) atoms. The lowest BCUT2D eigenvalue weighted by atomic mass is 9.95. The Morgan fingerprint density at radius 2 is 0.889 bits per heavy atom. The normalized spacial score (nSPS) is 11.3. The minimum atomic E-state index is 1.10. The molecular weight excluding hydrogens is 671 g/mol. The third-order valence-corrected chi connectivity index (χ3v) is 11.6. The van der Waals surface area contributed by atoms with Crippen LogP contribution in [0.2, 0.25) is 0 Å². The van der Waals surface area contributed by atoms with Crippen LogP contribution in [0.4, 0.5) is 17.1 Å². The van der Waals surface area contributed by atoms with Crippen molar-refractivity contribution in [2.75, 3.05) is 4.90 Å². The number of fused-ring (bicyclic) bond motifs is 4. The number of hydrogen-bond acceptors (Lipinski definition) is 2. The zero-order valence-corrected chi connectivity index (χ0v) is 30.4. The summed E-state index contributed by atoms with van der Waals surface area (Å²) in [6, 6.07) is 77.1. The number of rotatable bonds is 7. The summed E-state index contributed by atoms with van der Waals surface area (Å²) < 4.78 is 2.64. The number of para-hydroxylation sites is 1. The van der Waals surface area contributed by atoms with Gasteiger partial charge in [0.15, 0.2) is 0 Å². The van der Waals surface area contributed by atoms with Crippen molar-refractivity contribution in [3.8, 4) is 44.5 Å². The summed E-state index contributed by atoms with van der Waals surface area (Å²) in [5, 5.41) is 5.12. The van der Waals surface area contributed by atoms with E-state index in [1.807, 2.05) is 11.3 Å². The molecule has 1 aromatic heterocycles. The van der Waals surface area contributed by atoms with Crippen LogP contribution in [0.15, 0.2) is 212 Å². The average Bonchev–Trinajstić information content (AvgIpc) is 3.64. The van der Waals surface area contributed by atoms with E-state index in [0.29, 0.717) is 0 Å². The molecular formula is C52H35NS. The molecule has 0 aliphatic heterocycles. The van der Waals surface area contributed by atoms with Gasteiger partial charge >= 0.3 is 0 Å². The molecule has 2 heteroatoms. The molecule has 0 saturated carbocycles. The van der Waals surface area contributed by atoms with Crippen LogP contribution in [0.5, 0.6) is 0 Å². The van der Waals surface area contributed by atoms with Crippen molar-refractivity contribution in [3.05, 3.63) is 212 Å². The monoisotopic (exact) mass is 705 g/mol. The Kier molecular flexibility index (Phi) is 8.09. The summed E-state index contributed by atoms with van der Waals surface area (Å²) >= 11 is 1.86. The fourth-order valence-corrected chi connectivity index (χ4v) is 9.05. The van der Waals surface area contributed by atoms with Gasteiger partial charge < -0.3 is 4.90 Å². The lowest BCUT2D eigenvalue weighted by Crippen LogP contribution is -2.11. The van der Waals surface area contributed by atoms with Crippen molar-refractivity contribution in [3.63, 3.8) is 0 Å². The third-order valence-electron chi connectivity index (χ3n) is 10.5. The molecule has 10 aromatic rings. The van der Waals surface area contributed by atoms with Gasteiger partial charge in [-0.15, -0.1) is 11.3 Å². The van der Waals surface area contributed by atoms with Crippen molar-refractivity contribution in [2.45, 2.75) is 0 Å². The molecule has 9 aromatic carbocycles. The number of nitrogens with zero attached hydrogens (tertiary/aromatic N) is 1. The average molecular weight is 706 g/mol. The maximum atomic E-state index is 2.42. The first-order chi connectivity index (χ1) is 26.8. The highest BCUT2D eigenvalue weighted by atomic mass is 32.1. The van der Waals surface area contributed by atoms with E-state index in [4.69, 9.17) is 0 Å². The van der Waals surface area contributed by atoms with Gasteiger partial charge in [0.05, 0.1) is 5.69 Å². The lowest BCUT2D eigenvalue weighted by Gasteiger charge is -2.29. The second-order valence-corrected chi connectivity index (χ2v) is 14.8. The molecule has 0 bridgehead atoms. The van der Waals surface area contributed by atoms with Crippen molar-refractivity contribution < 1.29 is 0 Å². The molecule has 0 atom stereocenters. The zero-order chi connectivity index (χ0) is 35.8. The number of benzene rings is 9. The van der Waals surface area contributed by atoms with Crippen LogP contribution >= 0.6 is 11.3 Å². The summed E-state index contributed by atoms with van der Waals surface area (Å²) in [6.07, 6.45) is 0. The largest absolute Gasteiger partial charge is 0.310 e. The second-order valence-electron chi connectivity index (χ2n) is 13.7. The van der Waals surface area contributed by atoms with Crippen molar-refractivity contribution in [2.24, 2.45) is 0 Å². The topological polar surface area (TPSA) is 3.24 Å². The Bertz CT molecular complexity index is 2930. The number of thiophene rings is 1. The van der Waals surface area contributed by atoms with Crippen molar-refractivity contribution in [1.29, 1.82) is 0 Å². The Labute approximate surface area is 319 Å². The molecule has 0 fully saturated rings. The van der Waals surface area contributed by atoms with Gasteiger partial charge in [-0.25, -0.2) is 0 Å². The summed E-state index contributed by atoms with van der Waals surface area (Å²) in [4.78, 5) is 2.42. The van der Waals surface area contributed by atoms with Gasteiger partial charge in [-0.1, -0.05) is 164 Å². The minimum absolute atomic E-state index is 1.10. The molecule has 1 nitrogen and oxygen atoms in total. The van der Waals surface area contributed by atoms with Crippen LogP contribution in [0, 0.1) is 0 Å². The molecule has 10 rings (SSSR count). The van der Waals surface area contributed by atoms with Gasteiger partial charge in [0.25, 0.3) is 0 Å². The second kappa shape index (κ2) is 13.7. The van der Waals surface area contributed by atoms with Gasteiger partial charge in [-0.05, 0) is 98.2 Å². The molecule has 0 N–H and O–H groups in total. The van der Waals surface area contributed by atoms with Crippen LogP contribution in [-0.4, -0.2) is 0 Å². The van der Waals surface area contributed by atoms with Gasteiger partial charge in [-0.3, -0.25) is 0 Å². The highest BCUT2D eigenvalue weighted by Crippen LogP contribution is 2.45.